The fraction of sp³-hybridized carbons (Fsp3) is 0.429. The van der Waals surface area contributed by atoms with Crippen LogP contribution in [0.5, 0.6) is 0 Å². The third kappa shape index (κ3) is 4.70. The first kappa shape index (κ1) is 19.0. The number of hydrogen-bond acceptors (Lipinski definition) is 6. The molecule has 3 aromatic rings. The van der Waals surface area contributed by atoms with Gasteiger partial charge in [-0.05, 0) is 63.8 Å². The molecule has 3 rings (SSSR count). The molecular weight excluding hydrogens is 338 g/mol. The van der Waals surface area contributed by atoms with E-state index < -0.39 is 0 Å². The Labute approximate surface area is 160 Å². The number of hydrogen-bond donors (Lipinski definition) is 1. The molecule has 0 saturated heterocycles. The maximum absolute atomic E-state index is 5.52. The lowest BCUT2D eigenvalue weighted by atomic mass is 10.1. The predicted molar refractivity (Wildman–Crippen MR) is 108 cm³/mol. The number of pyridine rings is 2. The van der Waals surface area contributed by atoms with E-state index in [1.54, 1.807) is 6.20 Å². The van der Waals surface area contributed by atoms with Crippen molar-refractivity contribution in [2.24, 2.45) is 5.92 Å². The van der Waals surface area contributed by atoms with Crippen LogP contribution in [0.25, 0.3) is 22.8 Å². The summed E-state index contributed by atoms with van der Waals surface area (Å²) >= 11 is 0. The minimum absolute atomic E-state index is 0.328. The van der Waals surface area contributed by atoms with Crippen LogP contribution in [0.2, 0.25) is 0 Å². The van der Waals surface area contributed by atoms with Gasteiger partial charge in [-0.25, -0.2) is 4.98 Å². The molecule has 0 aliphatic carbocycles. The number of aromatic nitrogens is 4. The highest BCUT2D eigenvalue weighted by Gasteiger charge is 2.14. The Hall–Kier alpha value is -2.76. The summed E-state index contributed by atoms with van der Waals surface area (Å²) in [6.07, 6.45) is 2.69. The molecule has 1 N–H and O–H groups in total. The second-order valence-corrected chi connectivity index (χ2v) is 7.70. The molecule has 27 heavy (non-hydrogen) atoms. The molecule has 0 aliphatic heterocycles. The molecule has 0 spiro atoms. The number of anilines is 1. The number of rotatable bonds is 6. The van der Waals surface area contributed by atoms with Gasteiger partial charge in [0.1, 0.15) is 5.82 Å². The zero-order valence-electron chi connectivity index (χ0n) is 16.9. The molecule has 6 nitrogen and oxygen atoms in total. The topological polar surface area (TPSA) is 76.7 Å². The number of aryl methyl sites for hydroxylation is 2. The van der Waals surface area contributed by atoms with E-state index in [2.05, 4.69) is 53.1 Å². The molecule has 0 bridgehead atoms. The van der Waals surface area contributed by atoms with E-state index in [1.165, 1.54) is 0 Å². The highest BCUT2D eigenvalue weighted by molar-refractivity contribution is 5.62. The predicted octanol–water partition coefficient (Wildman–Crippen LogP) is 4.83. The summed E-state index contributed by atoms with van der Waals surface area (Å²) < 4.78 is 5.52. The fourth-order valence-electron chi connectivity index (χ4n) is 2.96. The van der Waals surface area contributed by atoms with Crippen LogP contribution in [0.4, 0.5) is 5.82 Å². The maximum Gasteiger partial charge on any atom is 0.258 e. The fourth-order valence-corrected chi connectivity index (χ4v) is 2.96. The van der Waals surface area contributed by atoms with Crippen LogP contribution in [0.15, 0.2) is 28.9 Å². The lowest BCUT2D eigenvalue weighted by Gasteiger charge is -2.11. The Kier molecular flexibility index (Phi) is 5.54. The summed E-state index contributed by atoms with van der Waals surface area (Å²) in [6, 6.07) is 6.35. The zero-order valence-corrected chi connectivity index (χ0v) is 16.9. The van der Waals surface area contributed by atoms with Crippen molar-refractivity contribution < 1.29 is 4.52 Å². The summed E-state index contributed by atoms with van der Waals surface area (Å²) in [5.41, 5.74) is 4.78. The van der Waals surface area contributed by atoms with Gasteiger partial charge in [-0.3, -0.25) is 4.98 Å². The second kappa shape index (κ2) is 7.86. The maximum atomic E-state index is 5.52. The lowest BCUT2D eigenvalue weighted by Crippen LogP contribution is -2.12. The SMILES string of the molecule is Cc1cc(-c2nc(-c3cnc(NC(C)C)c(C)c3)no2)cc(CC(C)C)n1. The monoisotopic (exact) mass is 365 g/mol. The molecule has 0 aliphatic rings. The Morgan fingerprint density at radius 1 is 1.00 bits per heavy atom. The minimum atomic E-state index is 0.328. The molecule has 3 heterocycles. The summed E-state index contributed by atoms with van der Waals surface area (Å²) in [5.74, 6) is 2.46. The van der Waals surface area contributed by atoms with Crippen molar-refractivity contribution in [2.75, 3.05) is 5.32 Å². The average molecular weight is 365 g/mol. The molecule has 0 aromatic carbocycles. The largest absolute Gasteiger partial charge is 0.368 e. The van der Waals surface area contributed by atoms with Crippen molar-refractivity contribution in [3.05, 3.63) is 41.3 Å². The van der Waals surface area contributed by atoms with E-state index in [0.717, 1.165) is 40.3 Å². The van der Waals surface area contributed by atoms with Gasteiger partial charge in [-0.2, -0.15) is 4.98 Å². The summed E-state index contributed by atoms with van der Waals surface area (Å²) in [4.78, 5) is 13.7. The molecule has 6 heteroatoms. The third-order valence-corrected chi connectivity index (χ3v) is 4.06. The Bertz CT molecular complexity index is 930. The van der Waals surface area contributed by atoms with Crippen molar-refractivity contribution in [1.29, 1.82) is 0 Å². The number of nitrogens with one attached hydrogen (secondary N) is 1. The van der Waals surface area contributed by atoms with Gasteiger partial charge >= 0.3 is 0 Å². The highest BCUT2D eigenvalue weighted by Crippen LogP contribution is 2.25. The van der Waals surface area contributed by atoms with Crippen LogP contribution in [0.3, 0.4) is 0 Å². The van der Waals surface area contributed by atoms with E-state index >= 15 is 0 Å². The van der Waals surface area contributed by atoms with Crippen molar-refractivity contribution >= 4 is 5.82 Å². The zero-order chi connectivity index (χ0) is 19.6. The van der Waals surface area contributed by atoms with Crippen LogP contribution in [0.1, 0.15) is 44.6 Å². The van der Waals surface area contributed by atoms with Crippen LogP contribution >= 0.6 is 0 Å². The summed E-state index contributed by atoms with van der Waals surface area (Å²) in [6.45, 7) is 12.5. The van der Waals surface area contributed by atoms with Gasteiger partial charge in [-0.15, -0.1) is 0 Å². The van der Waals surface area contributed by atoms with Gasteiger partial charge in [0.25, 0.3) is 5.89 Å². The molecule has 0 unspecified atom stereocenters. The van der Waals surface area contributed by atoms with Gasteiger partial charge in [0, 0.05) is 34.8 Å². The van der Waals surface area contributed by atoms with Crippen LogP contribution in [-0.2, 0) is 6.42 Å². The van der Waals surface area contributed by atoms with E-state index in [9.17, 15) is 0 Å². The van der Waals surface area contributed by atoms with Gasteiger partial charge in [0.05, 0.1) is 0 Å². The van der Waals surface area contributed by atoms with Gasteiger partial charge in [0.15, 0.2) is 0 Å². The summed E-state index contributed by atoms with van der Waals surface area (Å²) in [5, 5.41) is 7.48. The highest BCUT2D eigenvalue weighted by atomic mass is 16.5. The smallest absolute Gasteiger partial charge is 0.258 e. The van der Waals surface area contributed by atoms with Crippen LogP contribution in [-0.4, -0.2) is 26.2 Å². The quantitative estimate of drug-likeness (QED) is 0.674. The molecule has 0 fully saturated rings. The van der Waals surface area contributed by atoms with E-state index in [0.29, 0.717) is 23.7 Å². The first-order valence-electron chi connectivity index (χ1n) is 9.37. The van der Waals surface area contributed by atoms with Crippen molar-refractivity contribution in [2.45, 2.75) is 54.0 Å². The first-order valence-corrected chi connectivity index (χ1v) is 9.37. The molecule has 0 amide bonds. The van der Waals surface area contributed by atoms with Crippen molar-refractivity contribution in [1.82, 2.24) is 20.1 Å². The van der Waals surface area contributed by atoms with E-state index in [4.69, 9.17) is 4.52 Å². The van der Waals surface area contributed by atoms with Crippen LogP contribution < -0.4 is 5.32 Å². The average Bonchev–Trinajstić information content (AvgIpc) is 3.05. The number of nitrogens with zero attached hydrogens (tertiary/aromatic N) is 4. The van der Waals surface area contributed by atoms with Crippen LogP contribution in [0, 0.1) is 19.8 Å². The van der Waals surface area contributed by atoms with Crippen molar-refractivity contribution in [3.8, 4) is 22.8 Å². The Balaban J connectivity index is 1.89. The van der Waals surface area contributed by atoms with E-state index in [1.807, 2.05) is 32.0 Å². The Morgan fingerprint density at radius 3 is 2.44 bits per heavy atom. The standard InChI is InChI=1S/C21H27N5O/c1-12(2)7-18-10-16(9-15(6)24-18)21-25-20(26-27-21)17-8-14(5)19(22-11-17)23-13(3)4/h8-13H,7H2,1-6H3,(H,22,23). The lowest BCUT2D eigenvalue weighted by molar-refractivity contribution is 0.432. The Morgan fingerprint density at radius 2 is 1.78 bits per heavy atom. The van der Waals surface area contributed by atoms with Crippen molar-refractivity contribution in [3.63, 3.8) is 0 Å². The molecule has 0 radical (unpaired) electrons. The molecular formula is C21H27N5O. The van der Waals surface area contributed by atoms with Gasteiger partial charge in [0.2, 0.25) is 5.82 Å². The molecule has 3 aromatic heterocycles. The third-order valence-electron chi connectivity index (χ3n) is 4.06. The van der Waals surface area contributed by atoms with E-state index in [-0.39, 0.29) is 0 Å². The normalized spacial score (nSPS) is 11.4. The molecule has 0 saturated carbocycles. The first-order chi connectivity index (χ1) is 12.8. The van der Waals surface area contributed by atoms with Gasteiger partial charge < -0.3 is 9.84 Å². The van der Waals surface area contributed by atoms with Gasteiger partial charge in [-0.1, -0.05) is 19.0 Å². The summed E-state index contributed by atoms with van der Waals surface area (Å²) in [7, 11) is 0. The minimum Gasteiger partial charge on any atom is -0.368 e. The molecule has 142 valence electrons. The second-order valence-electron chi connectivity index (χ2n) is 7.70. The molecule has 0 atom stereocenters.